The second-order valence-corrected chi connectivity index (χ2v) is 11.1. The molecule has 0 bridgehead atoms. The Morgan fingerprint density at radius 2 is 1.97 bits per heavy atom. The van der Waals surface area contributed by atoms with Crippen LogP contribution >= 0.6 is 22.9 Å². The fraction of sp³-hybridized carbons (Fsp3) is 0.350. The van der Waals surface area contributed by atoms with Gasteiger partial charge in [0.1, 0.15) is 4.21 Å². The molecule has 3 heterocycles. The minimum absolute atomic E-state index is 0.124. The summed E-state index contributed by atoms with van der Waals surface area (Å²) in [6.45, 7) is 1.18. The van der Waals surface area contributed by atoms with Crippen molar-refractivity contribution < 1.29 is 36.3 Å². The molecular formula is C20H20ClF3N4O5S2. The van der Waals surface area contributed by atoms with Gasteiger partial charge in [0.2, 0.25) is 5.91 Å². The third-order valence-corrected chi connectivity index (χ3v) is 8.64. The fourth-order valence-corrected chi connectivity index (χ4v) is 6.46. The maximum atomic E-state index is 13.0. The lowest BCUT2D eigenvalue weighted by Crippen LogP contribution is -2.52. The number of nitrogens with zero attached hydrogens (tertiary/aromatic N) is 3. The largest absolute Gasteiger partial charge is 0.490 e. The van der Waals surface area contributed by atoms with Gasteiger partial charge in [0, 0.05) is 41.2 Å². The summed E-state index contributed by atoms with van der Waals surface area (Å²) in [6, 6.07) is 6.94. The van der Waals surface area contributed by atoms with Crippen LogP contribution in [0.25, 0.3) is 10.1 Å². The molecule has 15 heteroatoms. The molecule has 0 radical (unpaired) electrons. The molecule has 0 saturated carbocycles. The molecule has 0 spiro atoms. The lowest BCUT2D eigenvalue weighted by atomic mass is 10.2. The van der Waals surface area contributed by atoms with E-state index < -0.39 is 22.2 Å². The van der Waals surface area contributed by atoms with E-state index in [0.717, 1.165) is 28.6 Å². The van der Waals surface area contributed by atoms with Crippen molar-refractivity contribution >= 4 is 54.9 Å². The number of aromatic amines is 1. The monoisotopic (exact) mass is 552 g/mol. The highest BCUT2D eigenvalue weighted by atomic mass is 35.5. The number of nitrogens with one attached hydrogen (secondary N) is 1. The number of aromatic nitrogens is 2. The van der Waals surface area contributed by atoms with E-state index in [1.54, 1.807) is 41.7 Å². The van der Waals surface area contributed by atoms with Crippen molar-refractivity contribution in [2.45, 2.75) is 23.2 Å². The van der Waals surface area contributed by atoms with Crippen LogP contribution < -0.4 is 0 Å². The Bertz CT molecular complexity index is 1300. The molecule has 2 N–H and O–H groups in total. The molecule has 1 aliphatic heterocycles. The van der Waals surface area contributed by atoms with Crippen LogP contribution in [0.15, 0.2) is 41.0 Å². The molecule has 35 heavy (non-hydrogen) atoms. The third kappa shape index (κ3) is 6.93. The van der Waals surface area contributed by atoms with Gasteiger partial charge in [-0.25, -0.2) is 18.2 Å². The molecule has 1 aliphatic rings. The van der Waals surface area contributed by atoms with Gasteiger partial charge < -0.3 is 15.0 Å². The average Bonchev–Trinajstić information content (AvgIpc) is 3.44. The number of H-pyrrole nitrogens is 1. The number of benzene rings is 1. The summed E-state index contributed by atoms with van der Waals surface area (Å²) in [4.78, 5) is 30.1. The number of aryl methyl sites for hydroxylation is 1. The predicted molar refractivity (Wildman–Crippen MR) is 123 cm³/mol. The molecule has 9 nitrogen and oxygen atoms in total. The summed E-state index contributed by atoms with van der Waals surface area (Å²) >= 11 is 7.17. The molecule has 3 aromatic rings. The van der Waals surface area contributed by atoms with Crippen LogP contribution in [0.5, 0.6) is 0 Å². The predicted octanol–water partition coefficient (Wildman–Crippen LogP) is 3.38. The number of alkyl halides is 3. The number of piperazine rings is 1. The minimum Gasteiger partial charge on any atom is -0.475 e. The number of aliphatic carboxylic acids is 1. The van der Waals surface area contributed by atoms with Crippen LogP contribution in [0, 0.1) is 0 Å². The molecule has 1 aromatic carbocycles. The number of halogens is 4. The lowest BCUT2D eigenvalue weighted by molar-refractivity contribution is -0.192. The number of hydrogen-bond donors (Lipinski definition) is 2. The quantitative estimate of drug-likeness (QED) is 0.483. The minimum atomic E-state index is -5.08. The van der Waals surface area contributed by atoms with Gasteiger partial charge in [0.25, 0.3) is 10.0 Å². The molecular weight excluding hydrogens is 533 g/mol. The summed E-state index contributed by atoms with van der Waals surface area (Å²) in [5.74, 6) is -2.92. The summed E-state index contributed by atoms with van der Waals surface area (Å²) in [5.41, 5.74) is 1.03. The number of carbonyl (C=O) groups excluding carboxylic acids is 1. The zero-order valence-electron chi connectivity index (χ0n) is 18.0. The number of thiophene rings is 1. The summed E-state index contributed by atoms with van der Waals surface area (Å²) in [6.07, 6.45) is -0.0789. The van der Waals surface area contributed by atoms with Crippen LogP contribution in [-0.4, -0.2) is 76.9 Å². The first kappa shape index (κ1) is 26.9. The fourth-order valence-electron chi connectivity index (χ4n) is 3.25. The van der Waals surface area contributed by atoms with Crippen LogP contribution in [0.3, 0.4) is 0 Å². The van der Waals surface area contributed by atoms with Gasteiger partial charge in [-0.3, -0.25) is 4.79 Å². The normalized spacial score (nSPS) is 15.2. The smallest absolute Gasteiger partial charge is 0.475 e. The van der Waals surface area contributed by atoms with E-state index in [1.165, 1.54) is 15.6 Å². The van der Waals surface area contributed by atoms with E-state index in [4.69, 9.17) is 21.5 Å². The van der Waals surface area contributed by atoms with Crippen molar-refractivity contribution in [2.24, 2.45) is 0 Å². The molecule has 2 aromatic heterocycles. The molecule has 4 rings (SSSR count). The van der Waals surface area contributed by atoms with Crippen LogP contribution in [-0.2, 0) is 26.0 Å². The summed E-state index contributed by atoms with van der Waals surface area (Å²) in [7, 11) is -3.70. The summed E-state index contributed by atoms with van der Waals surface area (Å²) < 4.78 is 60.0. The van der Waals surface area contributed by atoms with Crippen molar-refractivity contribution in [1.82, 2.24) is 19.2 Å². The lowest BCUT2D eigenvalue weighted by Gasteiger charge is -2.33. The first-order valence-electron chi connectivity index (χ1n) is 10.1. The van der Waals surface area contributed by atoms with Crippen LogP contribution in [0.1, 0.15) is 12.1 Å². The standard InChI is InChI=1S/C18H19ClN4O3S2.C2HF3O2/c19-14-4-3-13-8-18(27-16(13)9-14)28(25,26)23-7-6-22(17(24)11-23)5-1-2-15-10-20-12-21-15;3-2(4,5)1(6)7/h3-4,8-10,12H,1-2,5-7,11H2,(H,20,21);(H,6,7). The van der Waals surface area contributed by atoms with Gasteiger partial charge >= 0.3 is 12.1 Å². The van der Waals surface area contributed by atoms with Crippen molar-refractivity contribution in [1.29, 1.82) is 0 Å². The highest BCUT2D eigenvalue weighted by Crippen LogP contribution is 2.33. The van der Waals surface area contributed by atoms with E-state index in [2.05, 4.69) is 9.97 Å². The van der Waals surface area contributed by atoms with E-state index >= 15 is 0 Å². The van der Waals surface area contributed by atoms with Gasteiger partial charge in [-0.2, -0.15) is 17.5 Å². The first-order valence-corrected chi connectivity index (χ1v) is 12.8. The topological polar surface area (TPSA) is 124 Å². The number of hydrogen-bond acceptors (Lipinski definition) is 6. The van der Waals surface area contributed by atoms with E-state index in [0.29, 0.717) is 24.7 Å². The van der Waals surface area contributed by atoms with Gasteiger partial charge in [-0.15, -0.1) is 11.3 Å². The molecule has 190 valence electrons. The number of rotatable bonds is 6. The van der Waals surface area contributed by atoms with Gasteiger partial charge in [-0.05, 0) is 36.4 Å². The molecule has 0 unspecified atom stereocenters. The highest BCUT2D eigenvalue weighted by molar-refractivity contribution is 7.91. The molecule has 1 saturated heterocycles. The second-order valence-electron chi connectivity index (χ2n) is 7.45. The number of amides is 1. The van der Waals surface area contributed by atoms with Crippen molar-refractivity contribution in [3.63, 3.8) is 0 Å². The van der Waals surface area contributed by atoms with Gasteiger partial charge in [0.15, 0.2) is 0 Å². The number of fused-ring (bicyclic) bond motifs is 1. The zero-order chi connectivity index (χ0) is 25.8. The van der Waals surface area contributed by atoms with Crippen LogP contribution in [0.2, 0.25) is 5.02 Å². The average molecular weight is 553 g/mol. The van der Waals surface area contributed by atoms with E-state index in [1.807, 2.05) is 0 Å². The Morgan fingerprint density at radius 1 is 1.26 bits per heavy atom. The number of imidazole rings is 1. The number of carboxylic acids is 1. The molecule has 1 fully saturated rings. The van der Waals surface area contributed by atoms with E-state index in [9.17, 15) is 26.4 Å². The van der Waals surface area contributed by atoms with Crippen molar-refractivity contribution in [3.8, 4) is 0 Å². The highest BCUT2D eigenvalue weighted by Gasteiger charge is 2.38. The molecule has 1 amide bonds. The molecule has 0 atom stereocenters. The Labute approximate surface area is 207 Å². The van der Waals surface area contributed by atoms with Gasteiger partial charge in [-0.1, -0.05) is 17.7 Å². The third-order valence-electron chi connectivity index (χ3n) is 5.01. The Kier molecular flexibility index (Phi) is 8.41. The zero-order valence-corrected chi connectivity index (χ0v) is 20.3. The SMILES string of the molecule is O=C(O)C(F)(F)F.O=C1CN(S(=O)(=O)c2cc3ccc(Cl)cc3s2)CCN1CCCc1cnc[nH]1. The number of carbonyl (C=O) groups is 2. The van der Waals surface area contributed by atoms with Crippen molar-refractivity contribution in [2.75, 3.05) is 26.2 Å². The van der Waals surface area contributed by atoms with Crippen LogP contribution in [0.4, 0.5) is 13.2 Å². The maximum absolute atomic E-state index is 13.0. The van der Waals surface area contributed by atoms with Crippen molar-refractivity contribution in [3.05, 3.63) is 47.5 Å². The maximum Gasteiger partial charge on any atom is 0.490 e. The van der Waals surface area contributed by atoms with Gasteiger partial charge in [0.05, 0.1) is 12.9 Å². The Balaban J connectivity index is 0.000000429. The molecule has 0 aliphatic carbocycles. The Hall–Kier alpha value is -2.68. The summed E-state index contributed by atoms with van der Waals surface area (Å²) in [5, 5.41) is 8.52. The second kappa shape index (κ2) is 10.9. The first-order chi connectivity index (χ1) is 16.4. The number of carboxylic acid groups (broad SMARTS) is 1. The Morgan fingerprint density at radius 3 is 2.57 bits per heavy atom. The number of sulfonamides is 1. The van der Waals surface area contributed by atoms with E-state index in [-0.39, 0.29) is 16.7 Å².